The molecule has 1 aromatic rings. The fraction of sp³-hybridized carbons (Fsp3) is 0.583. The summed E-state index contributed by atoms with van der Waals surface area (Å²) in [4.78, 5) is 11.7. The maximum atomic E-state index is 11.7. The van der Waals surface area contributed by atoms with Crippen molar-refractivity contribution >= 4 is 13.5 Å². The topological polar surface area (TPSA) is 26.3 Å². The van der Waals surface area contributed by atoms with Gasteiger partial charge in [0.15, 0.2) is 0 Å². The van der Waals surface area contributed by atoms with Crippen molar-refractivity contribution in [2.75, 3.05) is 7.11 Å². The number of carbonyl (C=O) groups excluding carboxylic acids is 1. The van der Waals surface area contributed by atoms with Gasteiger partial charge in [0.05, 0.1) is 12.4 Å². The number of rotatable bonds is 1. The molecule has 0 saturated carbocycles. The summed E-state index contributed by atoms with van der Waals surface area (Å²) in [5.41, 5.74) is 2.32. The van der Waals surface area contributed by atoms with E-state index >= 15 is 0 Å². The van der Waals surface area contributed by atoms with Crippen LogP contribution in [0.3, 0.4) is 0 Å². The summed E-state index contributed by atoms with van der Waals surface area (Å²) in [6.07, 6.45) is 0. The van der Waals surface area contributed by atoms with Gasteiger partial charge < -0.3 is 4.74 Å². The van der Waals surface area contributed by atoms with E-state index in [1.165, 1.54) is 12.7 Å². The highest BCUT2D eigenvalue weighted by Gasteiger charge is 2.25. The SMILES string of the molecule is COC(=O)c1c(C)c(C)cp1C(C)(C)C. The van der Waals surface area contributed by atoms with Crippen LogP contribution in [0.5, 0.6) is 0 Å². The molecule has 0 spiro atoms. The van der Waals surface area contributed by atoms with Crippen molar-refractivity contribution in [2.24, 2.45) is 0 Å². The van der Waals surface area contributed by atoms with Gasteiger partial charge in [-0.2, -0.15) is 0 Å². The van der Waals surface area contributed by atoms with E-state index in [1.54, 1.807) is 0 Å². The van der Waals surface area contributed by atoms with Crippen molar-refractivity contribution in [2.45, 2.75) is 39.8 Å². The van der Waals surface area contributed by atoms with Crippen LogP contribution in [0, 0.1) is 13.8 Å². The van der Waals surface area contributed by atoms with E-state index in [9.17, 15) is 4.79 Å². The summed E-state index contributed by atoms with van der Waals surface area (Å²) < 4.78 is 4.86. The van der Waals surface area contributed by atoms with E-state index in [4.69, 9.17) is 4.74 Å². The summed E-state index contributed by atoms with van der Waals surface area (Å²) >= 11 is 0. The Balaban J connectivity index is 3.40. The molecule has 0 radical (unpaired) electrons. The lowest BCUT2D eigenvalue weighted by atomic mass is 10.2. The van der Waals surface area contributed by atoms with Crippen LogP contribution in [0.25, 0.3) is 0 Å². The zero-order chi connectivity index (χ0) is 11.8. The molecular formula is C12H19O2P. The summed E-state index contributed by atoms with van der Waals surface area (Å²) in [6.45, 7) is 10.6. The summed E-state index contributed by atoms with van der Waals surface area (Å²) in [6, 6.07) is 0. The quantitative estimate of drug-likeness (QED) is 0.680. The molecule has 0 aliphatic carbocycles. The third-order valence-electron chi connectivity index (χ3n) is 2.61. The van der Waals surface area contributed by atoms with Crippen LogP contribution in [0.15, 0.2) is 5.80 Å². The van der Waals surface area contributed by atoms with E-state index in [2.05, 4.69) is 33.5 Å². The van der Waals surface area contributed by atoms with E-state index in [-0.39, 0.29) is 11.1 Å². The Bertz CT molecular complexity index is 383. The van der Waals surface area contributed by atoms with Crippen molar-refractivity contribution in [1.29, 1.82) is 0 Å². The molecule has 1 unspecified atom stereocenters. The predicted molar refractivity (Wildman–Crippen MR) is 65.0 cm³/mol. The number of methoxy groups -OCH3 is 1. The molecule has 1 rings (SSSR count). The largest absolute Gasteiger partial charge is 0.465 e. The Morgan fingerprint density at radius 3 is 2.27 bits per heavy atom. The number of aryl methyl sites for hydroxylation is 1. The average Bonchev–Trinajstić information content (AvgIpc) is 2.42. The van der Waals surface area contributed by atoms with E-state index in [1.807, 2.05) is 6.92 Å². The lowest BCUT2D eigenvalue weighted by Gasteiger charge is -2.20. The molecule has 0 bridgehead atoms. The third-order valence-corrected chi connectivity index (χ3v) is 5.70. The Kier molecular flexibility index (Phi) is 3.30. The second-order valence-corrected chi connectivity index (χ2v) is 7.61. The van der Waals surface area contributed by atoms with Gasteiger partial charge in [0.1, 0.15) is 0 Å². The molecule has 0 aliphatic heterocycles. The monoisotopic (exact) mass is 226 g/mol. The van der Waals surface area contributed by atoms with Crippen molar-refractivity contribution in [3.63, 3.8) is 0 Å². The first kappa shape index (κ1) is 12.3. The highest BCUT2D eigenvalue weighted by molar-refractivity contribution is 7.52. The Hall–Kier alpha value is -0.750. The minimum atomic E-state index is -0.530. The van der Waals surface area contributed by atoms with Gasteiger partial charge >= 0.3 is 5.97 Å². The van der Waals surface area contributed by atoms with Crippen LogP contribution < -0.4 is 0 Å². The van der Waals surface area contributed by atoms with E-state index < -0.39 is 7.53 Å². The fourth-order valence-electron chi connectivity index (χ4n) is 1.60. The van der Waals surface area contributed by atoms with Crippen molar-refractivity contribution in [3.8, 4) is 0 Å². The minimum Gasteiger partial charge on any atom is -0.465 e. The molecule has 1 aromatic heterocycles. The van der Waals surface area contributed by atoms with Gasteiger partial charge in [0, 0.05) is 5.16 Å². The molecule has 2 nitrogen and oxygen atoms in total. The van der Waals surface area contributed by atoms with E-state index in [0.29, 0.717) is 0 Å². The molecule has 0 fully saturated rings. The van der Waals surface area contributed by atoms with Crippen LogP contribution in [0.4, 0.5) is 0 Å². The van der Waals surface area contributed by atoms with Crippen LogP contribution >= 0.6 is 7.53 Å². The average molecular weight is 226 g/mol. The lowest BCUT2D eigenvalue weighted by molar-refractivity contribution is 0.0605. The number of carbonyl (C=O) groups is 1. The first-order valence-corrected chi connectivity index (χ1v) is 6.47. The first-order valence-electron chi connectivity index (χ1n) is 5.06. The van der Waals surface area contributed by atoms with Gasteiger partial charge in [0.25, 0.3) is 0 Å². The normalized spacial score (nSPS) is 12.8. The van der Waals surface area contributed by atoms with Gasteiger partial charge in [-0.25, -0.2) is 4.79 Å². The minimum absolute atomic E-state index is 0.123. The highest BCUT2D eigenvalue weighted by Crippen LogP contribution is 2.51. The molecule has 0 aromatic carbocycles. The number of ether oxygens (including phenoxy) is 1. The second kappa shape index (κ2) is 4.02. The molecule has 0 aliphatic rings. The summed E-state index contributed by atoms with van der Waals surface area (Å²) in [5.74, 6) is 2.07. The zero-order valence-corrected chi connectivity index (χ0v) is 11.2. The maximum Gasteiger partial charge on any atom is 0.342 e. The first-order chi connectivity index (χ1) is 6.79. The number of hydrogen-bond acceptors (Lipinski definition) is 2. The van der Waals surface area contributed by atoms with Crippen molar-refractivity contribution in [3.05, 3.63) is 22.2 Å². The van der Waals surface area contributed by atoms with E-state index in [0.717, 1.165) is 10.9 Å². The highest BCUT2D eigenvalue weighted by atomic mass is 31.1. The summed E-state index contributed by atoms with van der Waals surface area (Å²) in [5, 5.41) is 1.01. The van der Waals surface area contributed by atoms with Gasteiger partial charge in [-0.1, -0.05) is 20.8 Å². The Morgan fingerprint density at radius 1 is 1.33 bits per heavy atom. The maximum absolute atomic E-state index is 11.7. The Labute approximate surface area is 92.7 Å². The Morgan fingerprint density at radius 2 is 1.87 bits per heavy atom. The van der Waals surface area contributed by atoms with Crippen LogP contribution in [-0.2, 0) is 9.89 Å². The fourth-order valence-corrected chi connectivity index (χ4v) is 4.19. The molecule has 1 heterocycles. The number of esters is 1. The molecule has 15 heavy (non-hydrogen) atoms. The molecule has 0 saturated heterocycles. The van der Waals surface area contributed by atoms with Gasteiger partial charge in [-0.15, -0.1) is 7.53 Å². The predicted octanol–water partition coefficient (Wildman–Crippen LogP) is 3.83. The smallest absolute Gasteiger partial charge is 0.342 e. The molecule has 0 N–H and O–H groups in total. The summed E-state index contributed by atoms with van der Waals surface area (Å²) in [7, 11) is 0.920. The standard InChI is InChI=1S/C12H19O2P/c1-8-7-15(12(3,4)5)10(9(8)2)11(13)14-6/h7H,1-6H3. The number of hydrogen-bond donors (Lipinski definition) is 0. The van der Waals surface area contributed by atoms with Gasteiger partial charge in [0.2, 0.25) is 0 Å². The van der Waals surface area contributed by atoms with Crippen LogP contribution in [0.2, 0.25) is 0 Å². The van der Waals surface area contributed by atoms with Crippen LogP contribution in [0.1, 0.15) is 42.0 Å². The van der Waals surface area contributed by atoms with Crippen molar-refractivity contribution in [1.82, 2.24) is 0 Å². The molecule has 1 atom stereocenters. The lowest BCUT2D eigenvalue weighted by Crippen LogP contribution is -2.07. The third kappa shape index (κ3) is 2.26. The van der Waals surface area contributed by atoms with Crippen molar-refractivity contribution < 1.29 is 9.53 Å². The van der Waals surface area contributed by atoms with Gasteiger partial charge in [-0.05, 0) is 30.8 Å². The van der Waals surface area contributed by atoms with Gasteiger partial charge in [-0.3, -0.25) is 0 Å². The molecule has 3 heteroatoms. The molecular weight excluding hydrogens is 207 g/mol. The second-order valence-electron chi connectivity index (χ2n) is 4.82. The molecule has 0 amide bonds. The zero-order valence-electron chi connectivity index (χ0n) is 10.3. The molecule has 84 valence electrons. The van der Waals surface area contributed by atoms with Crippen LogP contribution in [-0.4, -0.2) is 13.1 Å².